The topological polar surface area (TPSA) is 107 Å². The van der Waals surface area contributed by atoms with Gasteiger partial charge in [0.05, 0.1) is 29.3 Å². The fourth-order valence-corrected chi connectivity index (χ4v) is 4.25. The summed E-state index contributed by atoms with van der Waals surface area (Å²) < 4.78 is 38.7. The highest BCUT2D eigenvalue weighted by molar-refractivity contribution is 7.89. The van der Waals surface area contributed by atoms with Crippen molar-refractivity contribution in [3.8, 4) is 11.3 Å². The first-order valence-electron chi connectivity index (χ1n) is 8.36. The number of β-amino-alcohol motifs (C(OH)–C–C–N with tert-alkyl or cyclic N) is 1. The van der Waals surface area contributed by atoms with Crippen LogP contribution in [-0.4, -0.2) is 77.9 Å². The van der Waals surface area contributed by atoms with Crippen LogP contribution >= 0.6 is 0 Å². The number of aromatic amines is 1. The van der Waals surface area contributed by atoms with Crippen LogP contribution in [0.4, 0.5) is 4.39 Å². The number of nitrogens with one attached hydrogen (secondary N) is 1. The predicted molar refractivity (Wildman–Crippen MR) is 96.9 cm³/mol. The van der Waals surface area contributed by atoms with Gasteiger partial charge in [-0.3, -0.25) is 9.89 Å². The number of halogens is 1. The summed E-state index contributed by atoms with van der Waals surface area (Å²) in [4.78, 5) is 14.3. The molecule has 0 unspecified atom stereocenters. The number of carbonyl (C=O) groups is 1. The second-order valence-corrected chi connectivity index (χ2v) is 8.99. The molecule has 10 heteroatoms. The maximum absolute atomic E-state index is 13.5. The molecule has 0 bridgehead atoms. The zero-order chi connectivity index (χ0) is 19.8. The summed E-state index contributed by atoms with van der Waals surface area (Å²) in [5, 5.41) is 16.8. The molecule has 8 nitrogen and oxygen atoms in total. The molecule has 1 aromatic heterocycles. The van der Waals surface area contributed by atoms with Crippen molar-refractivity contribution in [3.05, 3.63) is 41.8 Å². The number of hydrogen-bond donors (Lipinski definition) is 2. The Bertz CT molecular complexity index is 944. The Morgan fingerprint density at radius 3 is 2.81 bits per heavy atom. The Balaban J connectivity index is 1.79. The first kappa shape index (κ1) is 19.5. The minimum Gasteiger partial charge on any atom is -0.391 e. The van der Waals surface area contributed by atoms with Crippen LogP contribution in [-0.2, 0) is 10.0 Å². The number of hydrogen-bond acceptors (Lipinski definition) is 5. The van der Waals surface area contributed by atoms with E-state index in [4.69, 9.17) is 0 Å². The second kappa shape index (κ2) is 7.37. The Morgan fingerprint density at radius 2 is 2.15 bits per heavy atom. The third kappa shape index (κ3) is 4.02. The number of likely N-dealkylation sites (tertiary alicyclic amines) is 1. The lowest BCUT2D eigenvalue weighted by molar-refractivity contribution is 0.0765. The van der Waals surface area contributed by atoms with Crippen molar-refractivity contribution >= 4 is 15.9 Å². The van der Waals surface area contributed by atoms with Gasteiger partial charge in [-0.15, -0.1) is 0 Å². The highest BCUT2D eigenvalue weighted by Gasteiger charge is 2.38. The molecule has 2 atom stereocenters. The van der Waals surface area contributed by atoms with Crippen molar-refractivity contribution in [1.29, 1.82) is 0 Å². The molecular formula is C17H21FN4O4S. The number of amides is 1. The molecule has 1 aliphatic rings. The molecule has 0 spiro atoms. The molecule has 3 rings (SSSR count). The molecule has 1 aromatic carbocycles. The number of rotatable bonds is 5. The maximum Gasteiger partial charge on any atom is 0.257 e. The summed E-state index contributed by atoms with van der Waals surface area (Å²) >= 11 is 0. The van der Waals surface area contributed by atoms with E-state index in [0.29, 0.717) is 11.3 Å². The smallest absolute Gasteiger partial charge is 0.257 e. The van der Waals surface area contributed by atoms with Gasteiger partial charge in [-0.1, -0.05) is 12.1 Å². The zero-order valence-corrected chi connectivity index (χ0v) is 15.8. The fraction of sp³-hybridized carbons (Fsp3) is 0.412. The second-order valence-electron chi connectivity index (χ2n) is 6.77. The van der Waals surface area contributed by atoms with Crippen molar-refractivity contribution in [1.82, 2.24) is 19.4 Å². The Morgan fingerprint density at radius 1 is 1.41 bits per heavy atom. The van der Waals surface area contributed by atoms with Gasteiger partial charge in [-0.2, -0.15) is 5.10 Å². The number of sulfonamides is 1. The van der Waals surface area contributed by atoms with Gasteiger partial charge in [0.15, 0.2) is 0 Å². The van der Waals surface area contributed by atoms with Gasteiger partial charge < -0.3 is 10.0 Å². The van der Waals surface area contributed by atoms with Crippen molar-refractivity contribution in [2.75, 3.05) is 32.9 Å². The van der Waals surface area contributed by atoms with E-state index in [1.54, 1.807) is 6.07 Å². The molecule has 27 heavy (non-hydrogen) atoms. The predicted octanol–water partition coefficient (Wildman–Crippen LogP) is 0.540. The molecule has 1 amide bonds. The Labute approximate surface area is 156 Å². The molecule has 0 saturated carbocycles. The van der Waals surface area contributed by atoms with Gasteiger partial charge in [-0.25, -0.2) is 17.1 Å². The van der Waals surface area contributed by atoms with E-state index in [2.05, 4.69) is 10.2 Å². The summed E-state index contributed by atoms with van der Waals surface area (Å²) in [6, 6.07) is 5.77. The fourth-order valence-electron chi connectivity index (χ4n) is 3.09. The number of carbonyl (C=O) groups excluding carboxylic acids is 1. The molecule has 2 N–H and O–H groups in total. The molecule has 1 saturated heterocycles. The van der Waals surface area contributed by atoms with Gasteiger partial charge in [0.25, 0.3) is 5.91 Å². The van der Waals surface area contributed by atoms with Crippen LogP contribution in [0.3, 0.4) is 0 Å². The molecule has 1 aliphatic heterocycles. The van der Waals surface area contributed by atoms with Crippen molar-refractivity contribution in [2.45, 2.75) is 6.10 Å². The van der Waals surface area contributed by atoms with Crippen molar-refractivity contribution < 1.29 is 22.7 Å². The number of aromatic nitrogens is 2. The number of benzene rings is 1. The van der Waals surface area contributed by atoms with Gasteiger partial charge in [0, 0.05) is 38.7 Å². The summed E-state index contributed by atoms with van der Waals surface area (Å²) in [7, 11) is -0.644. The molecule has 2 heterocycles. The highest BCUT2D eigenvalue weighted by Crippen LogP contribution is 2.26. The van der Waals surface area contributed by atoms with E-state index in [1.165, 1.54) is 43.4 Å². The lowest BCUT2D eigenvalue weighted by atomic mass is 10.1. The molecule has 0 radical (unpaired) electrons. The normalized spacial score (nSPS) is 20.4. The molecule has 1 fully saturated rings. The standard InChI is InChI=1S/C17H21FN4O4S/c1-21(2)27(25,26)10-12-8-22(9-15(12)23)17(24)14-7-19-20-16(14)11-4-3-5-13(18)6-11/h3-7,12,15,23H,8-10H2,1-2H3,(H,19,20)/t12-,15-/m0/s1. The van der Waals surface area contributed by atoms with Gasteiger partial charge >= 0.3 is 0 Å². The number of H-pyrrole nitrogens is 1. The molecular weight excluding hydrogens is 375 g/mol. The average Bonchev–Trinajstić information content (AvgIpc) is 3.21. The first-order valence-corrected chi connectivity index (χ1v) is 9.97. The van der Waals surface area contributed by atoms with E-state index in [1.807, 2.05) is 0 Å². The number of aliphatic hydroxyl groups excluding tert-OH is 1. The third-order valence-electron chi connectivity index (χ3n) is 4.66. The summed E-state index contributed by atoms with van der Waals surface area (Å²) in [5.74, 6) is -1.66. The van der Waals surface area contributed by atoms with Crippen LogP contribution in [0.2, 0.25) is 0 Å². The van der Waals surface area contributed by atoms with Crippen LogP contribution < -0.4 is 0 Å². The zero-order valence-electron chi connectivity index (χ0n) is 15.0. The van der Waals surface area contributed by atoms with Crippen LogP contribution in [0.1, 0.15) is 10.4 Å². The molecule has 0 aliphatic carbocycles. The minimum absolute atomic E-state index is 0.0280. The van der Waals surface area contributed by atoms with E-state index in [9.17, 15) is 22.7 Å². The lowest BCUT2D eigenvalue weighted by Gasteiger charge is -2.18. The summed E-state index contributed by atoms with van der Waals surface area (Å²) in [6.07, 6.45) is 0.409. The summed E-state index contributed by atoms with van der Waals surface area (Å²) in [6.45, 7) is 0.140. The van der Waals surface area contributed by atoms with Crippen molar-refractivity contribution in [3.63, 3.8) is 0 Å². The lowest BCUT2D eigenvalue weighted by Crippen LogP contribution is -2.33. The summed E-state index contributed by atoms with van der Waals surface area (Å²) in [5.41, 5.74) is 1.09. The minimum atomic E-state index is -3.50. The first-order chi connectivity index (χ1) is 12.7. The number of nitrogens with zero attached hydrogens (tertiary/aromatic N) is 3. The third-order valence-corrected chi connectivity index (χ3v) is 6.62. The van der Waals surface area contributed by atoms with E-state index in [0.717, 1.165) is 4.31 Å². The SMILES string of the molecule is CN(C)S(=O)(=O)C[C@@H]1CN(C(=O)c2cn[nH]c2-c2cccc(F)c2)C[C@@H]1O. The van der Waals surface area contributed by atoms with Gasteiger partial charge in [0.1, 0.15) is 5.82 Å². The monoisotopic (exact) mass is 396 g/mol. The van der Waals surface area contributed by atoms with Crippen molar-refractivity contribution in [2.24, 2.45) is 5.92 Å². The van der Waals surface area contributed by atoms with Crippen LogP contribution in [0, 0.1) is 11.7 Å². The number of aliphatic hydroxyl groups is 1. The maximum atomic E-state index is 13.5. The Kier molecular flexibility index (Phi) is 5.31. The van der Waals surface area contributed by atoms with E-state index >= 15 is 0 Å². The van der Waals surface area contributed by atoms with Crippen LogP contribution in [0.15, 0.2) is 30.5 Å². The Hall–Kier alpha value is -2.30. The molecule has 146 valence electrons. The van der Waals surface area contributed by atoms with Crippen LogP contribution in [0.25, 0.3) is 11.3 Å². The molecule has 2 aromatic rings. The van der Waals surface area contributed by atoms with E-state index < -0.39 is 33.8 Å². The quantitative estimate of drug-likeness (QED) is 0.767. The van der Waals surface area contributed by atoms with Gasteiger partial charge in [-0.05, 0) is 12.1 Å². The van der Waals surface area contributed by atoms with E-state index in [-0.39, 0.29) is 24.4 Å². The van der Waals surface area contributed by atoms with Gasteiger partial charge in [0.2, 0.25) is 10.0 Å². The highest BCUT2D eigenvalue weighted by atomic mass is 32.2. The average molecular weight is 396 g/mol. The van der Waals surface area contributed by atoms with Crippen LogP contribution in [0.5, 0.6) is 0 Å². The largest absolute Gasteiger partial charge is 0.391 e.